The van der Waals surface area contributed by atoms with E-state index in [1.807, 2.05) is 12.1 Å². The van der Waals surface area contributed by atoms with E-state index in [0.717, 1.165) is 44.6 Å². The second kappa shape index (κ2) is 9.85. The second-order valence-electron chi connectivity index (χ2n) is 8.31. The predicted molar refractivity (Wildman–Crippen MR) is 126 cm³/mol. The fourth-order valence-electron chi connectivity index (χ4n) is 4.14. The third-order valence-electron chi connectivity index (χ3n) is 6.13. The van der Waals surface area contributed by atoms with Gasteiger partial charge in [0.2, 0.25) is 15.6 Å². The van der Waals surface area contributed by atoms with E-state index in [2.05, 4.69) is 26.7 Å². The number of sulfonamides is 1. The van der Waals surface area contributed by atoms with Gasteiger partial charge in [-0.1, -0.05) is 12.1 Å². The van der Waals surface area contributed by atoms with Crippen LogP contribution in [0.1, 0.15) is 18.4 Å². The summed E-state index contributed by atoms with van der Waals surface area (Å²) in [5.74, 6) is 1.21. The highest BCUT2D eigenvalue weighted by Gasteiger charge is 2.22. The van der Waals surface area contributed by atoms with Gasteiger partial charge in [0.15, 0.2) is 0 Å². The summed E-state index contributed by atoms with van der Waals surface area (Å²) in [6.07, 6.45) is 2.92. The van der Waals surface area contributed by atoms with Gasteiger partial charge in [-0.3, -0.25) is 4.79 Å². The molecular weight excluding hydrogens is 426 g/mol. The first kappa shape index (κ1) is 22.5. The molecular formula is C24H29N3O4S. The van der Waals surface area contributed by atoms with E-state index in [-0.39, 0.29) is 10.5 Å². The number of H-pyrrole nitrogens is 1. The van der Waals surface area contributed by atoms with E-state index in [1.54, 1.807) is 25.3 Å². The molecule has 2 N–H and O–H groups in total. The van der Waals surface area contributed by atoms with Gasteiger partial charge in [0.1, 0.15) is 5.75 Å². The Morgan fingerprint density at radius 3 is 2.69 bits per heavy atom. The van der Waals surface area contributed by atoms with Gasteiger partial charge in [0, 0.05) is 24.7 Å². The molecule has 0 unspecified atom stereocenters. The molecule has 1 fully saturated rings. The third kappa shape index (κ3) is 5.56. The Morgan fingerprint density at radius 1 is 1.09 bits per heavy atom. The minimum Gasteiger partial charge on any atom is -0.497 e. The summed E-state index contributed by atoms with van der Waals surface area (Å²) in [7, 11) is -1.91. The maximum Gasteiger partial charge on any atom is 0.248 e. The molecule has 2 heterocycles. The summed E-state index contributed by atoms with van der Waals surface area (Å²) >= 11 is 0. The Hall–Kier alpha value is -2.68. The summed E-state index contributed by atoms with van der Waals surface area (Å²) in [5.41, 5.74) is 1.68. The van der Waals surface area contributed by atoms with E-state index in [4.69, 9.17) is 4.74 Å². The number of likely N-dealkylation sites (tertiary alicyclic amines) is 1. The van der Waals surface area contributed by atoms with Crippen LogP contribution in [-0.4, -0.2) is 51.6 Å². The summed E-state index contributed by atoms with van der Waals surface area (Å²) in [4.78, 5) is 16.8. The fourth-order valence-corrected chi connectivity index (χ4v) is 5.29. The third-order valence-corrected chi connectivity index (χ3v) is 7.55. The van der Waals surface area contributed by atoms with Crippen LogP contribution in [0.2, 0.25) is 0 Å². The number of aromatic nitrogens is 1. The molecule has 1 aromatic heterocycles. The zero-order valence-corrected chi connectivity index (χ0v) is 19.0. The number of hydrogen-bond acceptors (Lipinski definition) is 5. The van der Waals surface area contributed by atoms with Gasteiger partial charge in [0.05, 0.1) is 12.0 Å². The molecule has 170 valence electrons. The molecule has 4 rings (SSSR count). The van der Waals surface area contributed by atoms with Crippen molar-refractivity contribution in [1.29, 1.82) is 0 Å². The number of rotatable bonds is 8. The van der Waals surface area contributed by atoms with E-state index in [1.165, 1.54) is 17.7 Å². The number of fused-ring (bicyclic) bond motifs is 1. The smallest absolute Gasteiger partial charge is 0.248 e. The number of nitrogens with one attached hydrogen (secondary N) is 2. The Balaban J connectivity index is 1.27. The lowest BCUT2D eigenvalue weighted by atomic mass is 9.97. The average Bonchev–Trinajstić information content (AvgIpc) is 2.82. The second-order valence-corrected chi connectivity index (χ2v) is 10.1. The molecule has 2 aromatic carbocycles. The lowest BCUT2D eigenvalue weighted by Crippen LogP contribution is -2.39. The summed E-state index contributed by atoms with van der Waals surface area (Å²) < 4.78 is 33.6. The quantitative estimate of drug-likeness (QED) is 0.545. The molecule has 0 radical (unpaired) electrons. The number of hydrogen-bond donors (Lipinski definition) is 2. The van der Waals surface area contributed by atoms with Gasteiger partial charge in [-0.05, 0) is 85.6 Å². The molecule has 1 aliphatic rings. The van der Waals surface area contributed by atoms with Crippen molar-refractivity contribution in [2.45, 2.75) is 24.2 Å². The SMILES string of the molecule is COc1cccc(CCN2CCC(CNS(=O)(=O)c3ccc4[nH]c(=O)ccc4c3)CC2)c1. The monoisotopic (exact) mass is 455 g/mol. The number of ether oxygens (including phenoxy) is 1. The number of piperidine rings is 1. The average molecular weight is 456 g/mol. The number of aromatic amines is 1. The van der Waals surface area contributed by atoms with E-state index < -0.39 is 10.0 Å². The molecule has 0 atom stereocenters. The topological polar surface area (TPSA) is 91.5 Å². The molecule has 0 spiro atoms. The lowest BCUT2D eigenvalue weighted by molar-refractivity contribution is 0.187. The minimum absolute atomic E-state index is 0.207. The van der Waals surface area contributed by atoms with Crippen LogP contribution in [0.15, 0.2) is 64.3 Å². The predicted octanol–water partition coefficient (Wildman–Crippen LogP) is 2.77. The van der Waals surface area contributed by atoms with Crippen LogP contribution in [0.4, 0.5) is 0 Å². The first-order valence-corrected chi connectivity index (χ1v) is 12.4. The maximum absolute atomic E-state index is 12.8. The Morgan fingerprint density at radius 2 is 1.91 bits per heavy atom. The van der Waals surface area contributed by atoms with Crippen LogP contribution in [0.3, 0.4) is 0 Å². The van der Waals surface area contributed by atoms with Gasteiger partial charge >= 0.3 is 0 Å². The number of pyridine rings is 1. The molecule has 1 saturated heterocycles. The molecule has 7 nitrogen and oxygen atoms in total. The van der Waals surface area contributed by atoms with Crippen LogP contribution in [0, 0.1) is 5.92 Å². The number of nitrogens with zero attached hydrogens (tertiary/aromatic N) is 1. The zero-order valence-electron chi connectivity index (χ0n) is 18.2. The van der Waals surface area contributed by atoms with Crippen molar-refractivity contribution >= 4 is 20.9 Å². The van der Waals surface area contributed by atoms with Gasteiger partial charge in [-0.2, -0.15) is 0 Å². The molecule has 0 saturated carbocycles. The Kier molecular flexibility index (Phi) is 6.93. The van der Waals surface area contributed by atoms with Crippen molar-refractivity contribution in [1.82, 2.24) is 14.6 Å². The van der Waals surface area contributed by atoms with Crippen molar-refractivity contribution < 1.29 is 13.2 Å². The van der Waals surface area contributed by atoms with Gasteiger partial charge in [0.25, 0.3) is 0 Å². The molecule has 3 aromatic rings. The number of methoxy groups -OCH3 is 1. The van der Waals surface area contributed by atoms with Crippen molar-refractivity contribution in [2.24, 2.45) is 5.92 Å². The van der Waals surface area contributed by atoms with Crippen molar-refractivity contribution in [2.75, 3.05) is 33.3 Å². The molecule has 0 aliphatic carbocycles. The highest BCUT2D eigenvalue weighted by molar-refractivity contribution is 7.89. The van der Waals surface area contributed by atoms with E-state index in [9.17, 15) is 13.2 Å². The van der Waals surface area contributed by atoms with Gasteiger partial charge < -0.3 is 14.6 Å². The van der Waals surface area contributed by atoms with Crippen LogP contribution in [0.25, 0.3) is 10.9 Å². The maximum atomic E-state index is 12.8. The lowest BCUT2D eigenvalue weighted by Gasteiger charge is -2.32. The van der Waals surface area contributed by atoms with E-state index in [0.29, 0.717) is 23.4 Å². The van der Waals surface area contributed by atoms with Crippen molar-refractivity contribution in [3.63, 3.8) is 0 Å². The van der Waals surface area contributed by atoms with Crippen LogP contribution < -0.4 is 15.0 Å². The molecule has 0 amide bonds. The summed E-state index contributed by atoms with van der Waals surface area (Å²) in [6, 6.07) is 15.9. The molecule has 8 heteroatoms. The minimum atomic E-state index is -3.60. The standard InChI is InChI=1S/C24H29N3O4S/c1-31-21-4-2-3-18(15-21)9-12-27-13-10-19(11-14-27)17-25-32(29,30)22-6-7-23-20(16-22)5-8-24(28)26-23/h2-8,15-16,19,25H,9-14,17H2,1H3,(H,26,28). The molecule has 1 aliphatic heterocycles. The highest BCUT2D eigenvalue weighted by Crippen LogP contribution is 2.20. The van der Waals surface area contributed by atoms with Crippen LogP contribution in [0.5, 0.6) is 5.75 Å². The Labute approximate surface area is 188 Å². The fraction of sp³-hybridized carbons (Fsp3) is 0.375. The van der Waals surface area contributed by atoms with Crippen molar-refractivity contribution in [3.8, 4) is 5.75 Å². The van der Waals surface area contributed by atoms with Gasteiger partial charge in [-0.25, -0.2) is 13.1 Å². The summed E-state index contributed by atoms with van der Waals surface area (Å²) in [5, 5.41) is 0.691. The number of benzene rings is 2. The Bertz CT molecular complexity index is 1230. The van der Waals surface area contributed by atoms with E-state index >= 15 is 0 Å². The zero-order chi connectivity index (χ0) is 22.6. The van der Waals surface area contributed by atoms with Crippen LogP contribution >= 0.6 is 0 Å². The molecule has 32 heavy (non-hydrogen) atoms. The first-order chi connectivity index (χ1) is 15.4. The normalized spacial score (nSPS) is 15.8. The summed E-state index contributed by atoms with van der Waals surface area (Å²) in [6.45, 7) is 3.37. The largest absolute Gasteiger partial charge is 0.497 e. The van der Waals surface area contributed by atoms with Crippen molar-refractivity contribution in [3.05, 3.63) is 70.5 Å². The molecule has 0 bridgehead atoms. The first-order valence-electron chi connectivity index (χ1n) is 10.9. The highest BCUT2D eigenvalue weighted by atomic mass is 32.2. The van der Waals surface area contributed by atoms with Crippen LogP contribution in [-0.2, 0) is 16.4 Å². The van der Waals surface area contributed by atoms with Gasteiger partial charge in [-0.15, -0.1) is 0 Å².